The number of rotatable bonds is 5. The van der Waals surface area contributed by atoms with Crippen molar-refractivity contribution in [3.63, 3.8) is 0 Å². The molecular formula is C32H34ClFN6S. The van der Waals surface area contributed by atoms with Crippen molar-refractivity contribution in [2.24, 2.45) is 0 Å². The Kier molecular flexibility index (Phi) is 10.7. The molecule has 6 rings (SSSR count). The Bertz CT molecular complexity index is 1560. The largest absolute Gasteiger partial charge is 0.371 e. The highest BCUT2D eigenvalue weighted by Gasteiger charge is 2.22. The van der Waals surface area contributed by atoms with Gasteiger partial charge in [-0.05, 0) is 67.4 Å². The number of hydrogen-bond donors (Lipinski definition) is 1. The van der Waals surface area contributed by atoms with Crippen LogP contribution in [0.1, 0.15) is 40.0 Å². The van der Waals surface area contributed by atoms with Crippen molar-refractivity contribution in [3.8, 4) is 35.0 Å². The molecule has 6 nitrogen and oxygen atoms in total. The van der Waals surface area contributed by atoms with E-state index in [-0.39, 0.29) is 11.9 Å². The molecule has 1 N–H and O–H groups in total. The first-order valence-corrected chi connectivity index (χ1v) is 15.1. The number of thiazole rings is 1. The standard InChI is InChI=1S/C26H22ClFN6S.C4H6.C2H6/c27-18-3-7-21(8-4-18)33-13-10-20(11-14-33)30-25-29-12-9-22(31-25)24-23(17-1-5-19(28)6-2-17)32-26-34(24)15-16-35-26;1-3-4-2;1-2/h1-9,12,15-16,20H,10-11,13-14H2,(H,29,30,31);1H,4H2,2H3;1-2H3. The summed E-state index contributed by atoms with van der Waals surface area (Å²) in [5.74, 6) is 2.76. The molecule has 1 aliphatic heterocycles. The van der Waals surface area contributed by atoms with Crippen molar-refractivity contribution in [1.29, 1.82) is 0 Å². The van der Waals surface area contributed by atoms with Crippen molar-refractivity contribution < 1.29 is 4.39 Å². The number of halogens is 2. The number of benzene rings is 2. The van der Waals surface area contributed by atoms with Gasteiger partial charge in [-0.2, -0.15) is 0 Å². The van der Waals surface area contributed by atoms with Crippen molar-refractivity contribution in [3.05, 3.63) is 83.2 Å². The van der Waals surface area contributed by atoms with E-state index in [0.717, 1.165) is 65.0 Å². The number of terminal acetylenes is 1. The summed E-state index contributed by atoms with van der Waals surface area (Å²) in [6.07, 6.45) is 11.3. The molecule has 0 radical (unpaired) electrons. The molecule has 0 aliphatic carbocycles. The second-order valence-electron chi connectivity index (χ2n) is 9.08. The van der Waals surface area contributed by atoms with Crippen molar-refractivity contribution in [2.45, 2.75) is 46.1 Å². The van der Waals surface area contributed by atoms with E-state index in [4.69, 9.17) is 28.0 Å². The van der Waals surface area contributed by atoms with Crippen molar-refractivity contribution in [1.82, 2.24) is 19.4 Å². The predicted molar refractivity (Wildman–Crippen MR) is 170 cm³/mol. The molecular weight excluding hydrogens is 555 g/mol. The lowest BCUT2D eigenvalue weighted by Gasteiger charge is -2.34. The highest BCUT2D eigenvalue weighted by atomic mass is 35.5. The summed E-state index contributed by atoms with van der Waals surface area (Å²) < 4.78 is 15.5. The monoisotopic (exact) mass is 588 g/mol. The SMILES string of the molecule is C#CCC.CC.Fc1ccc(-c2nc3sccn3c2-c2ccnc(NC3CCN(c4ccc(Cl)cc4)CC3)n2)cc1. The molecule has 212 valence electrons. The third-order valence-corrected chi connectivity index (χ3v) is 7.51. The molecule has 5 aromatic rings. The molecule has 1 aliphatic rings. The fourth-order valence-corrected chi connectivity index (χ4v) is 5.36. The molecule has 3 aromatic heterocycles. The zero-order valence-corrected chi connectivity index (χ0v) is 25.1. The van der Waals surface area contributed by atoms with Gasteiger partial charge >= 0.3 is 0 Å². The van der Waals surface area contributed by atoms with Crippen LogP contribution in [0.3, 0.4) is 0 Å². The van der Waals surface area contributed by atoms with Crippen LogP contribution >= 0.6 is 22.9 Å². The van der Waals surface area contributed by atoms with E-state index in [1.54, 1.807) is 29.7 Å². The van der Waals surface area contributed by atoms with E-state index in [1.807, 2.05) is 54.9 Å². The number of nitrogens with zero attached hydrogens (tertiary/aromatic N) is 5. The van der Waals surface area contributed by atoms with E-state index in [1.165, 1.54) is 17.8 Å². The van der Waals surface area contributed by atoms with E-state index >= 15 is 0 Å². The van der Waals surface area contributed by atoms with Crippen LogP contribution < -0.4 is 10.2 Å². The van der Waals surface area contributed by atoms with Gasteiger partial charge in [0.1, 0.15) is 11.5 Å². The third-order valence-electron chi connectivity index (χ3n) is 6.50. The summed E-state index contributed by atoms with van der Waals surface area (Å²) in [7, 11) is 0. The second kappa shape index (κ2) is 14.6. The Morgan fingerprint density at radius 1 is 1.05 bits per heavy atom. The second-order valence-corrected chi connectivity index (χ2v) is 10.4. The van der Waals surface area contributed by atoms with Gasteiger partial charge in [0.25, 0.3) is 0 Å². The highest BCUT2D eigenvalue weighted by Crippen LogP contribution is 2.34. The lowest BCUT2D eigenvalue weighted by Crippen LogP contribution is -2.39. The average Bonchev–Trinajstić information content (AvgIpc) is 3.62. The number of nitrogens with one attached hydrogen (secondary N) is 1. The van der Waals surface area contributed by atoms with Gasteiger partial charge in [-0.1, -0.05) is 32.4 Å². The van der Waals surface area contributed by atoms with Gasteiger partial charge in [0.15, 0.2) is 4.96 Å². The third kappa shape index (κ3) is 7.43. The first-order valence-electron chi connectivity index (χ1n) is 13.8. The van der Waals surface area contributed by atoms with Crippen LogP contribution in [-0.2, 0) is 0 Å². The lowest BCUT2D eigenvalue weighted by atomic mass is 10.0. The summed E-state index contributed by atoms with van der Waals surface area (Å²) in [4.78, 5) is 17.4. The van der Waals surface area contributed by atoms with E-state index in [9.17, 15) is 4.39 Å². The van der Waals surface area contributed by atoms with E-state index < -0.39 is 0 Å². The maximum atomic E-state index is 13.5. The lowest BCUT2D eigenvalue weighted by molar-refractivity contribution is 0.524. The minimum absolute atomic E-state index is 0.271. The normalized spacial score (nSPS) is 13.0. The first-order chi connectivity index (χ1) is 20.1. The molecule has 0 saturated carbocycles. The minimum atomic E-state index is -0.271. The number of anilines is 2. The molecule has 0 atom stereocenters. The summed E-state index contributed by atoms with van der Waals surface area (Å²) in [6.45, 7) is 7.84. The molecule has 0 unspecified atom stereocenters. The van der Waals surface area contributed by atoms with Crippen LogP contribution in [0, 0.1) is 18.2 Å². The van der Waals surface area contributed by atoms with Crippen LogP contribution in [-0.4, -0.2) is 38.5 Å². The number of hydrogen-bond acceptors (Lipinski definition) is 6. The fourth-order valence-electron chi connectivity index (χ4n) is 4.52. The first kappa shape index (κ1) is 30.0. The Morgan fingerprint density at radius 2 is 1.73 bits per heavy atom. The van der Waals surface area contributed by atoms with Gasteiger partial charge in [0, 0.05) is 59.6 Å². The van der Waals surface area contributed by atoms with Gasteiger partial charge in [-0.15, -0.1) is 23.7 Å². The van der Waals surface area contributed by atoms with E-state index in [2.05, 4.69) is 33.3 Å². The fraction of sp³-hybridized carbons (Fsp3) is 0.281. The summed E-state index contributed by atoms with van der Waals surface area (Å²) in [5.41, 5.74) is 4.46. The van der Waals surface area contributed by atoms with Crippen LogP contribution in [0.4, 0.5) is 16.0 Å². The van der Waals surface area contributed by atoms with Crippen molar-refractivity contribution >= 4 is 39.5 Å². The molecule has 2 aromatic carbocycles. The zero-order valence-electron chi connectivity index (χ0n) is 23.5. The van der Waals surface area contributed by atoms with Crippen LogP contribution in [0.15, 0.2) is 72.4 Å². The van der Waals surface area contributed by atoms with Gasteiger partial charge in [-0.3, -0.25) is 4.40 Å². The molecule has 0 amide bonds. The molecule has 1 saturated heterocycles. The molecule has 1 fully saturated rings. The molecule has 4 heterocycles. The number of aromatic nitrogens is 4. The number of imidazole rings is 1. The zero-order chi connectivity index (χ0) is 29.2. The topological polar surface area (TPSA) is 58.4 Å². The Morgan fingerprint density at radius 3 is 2.39 bits per heavy atom. The molecule has 9 heteroatoms. The van der Waals surface area contributed by atoms with Gasteiger partial charge in [-0.25, -0.2) is 19.3 Å². The van der Waals surface area contributed by atoms with Crippen LogP contribution in [0.2, 0.25) is 5.02 Å². The van der Waals surface area contributed by atoms with Gasteiger partial charge < -0.3 is 10.2 Å². The van der Waals surface area contributed by atoms with Gasteiger partial charge in [0.05, 0.1) is 11.4 Å². The highest BCUT2D eigenvalue weighted by molar-refractivity contribution is 7.15. The maximum Gasteiger partial charge on any atom is 0.223 e. The Hall–Kier alpha value is -3.93. The quantitative estimate of drug-likeness (QED) is 0.209. The molecule has 0 spiro atoms. The summed E-state index contributed by atoms with van der Waals surface area (Å²) in [6, 6.07) is 16.6. The predicted octanol–water partition coefficient (Wildman–Crippen LogP) is 8.45. The smallest absolute Gasteiger partial charge is 0.223 e. The average molecular weight is 589 g/mol. The molecule has 41 heavy (non-hydrogen) atoms. The van der Waals surface area contributed by atoms with Crippen LogP contribution in [0.5, 0.6) is 0 Å². The minimum Gasteiger partial charge on any atom is -0.371 e. The Labute approximate surface area is 250 Å². The number of piperidine rings is 1. The Balaban J connectivity index is 0.000000596. The maximum absolute atomic E-state index is 13.5. The molecule has 0 bridgehead atoms. The van der Waals surface area contributed by atoms with Crippen molar-refractivity contribution in [2.75, 3.05) is 23.3 Å². The summed E-state index contributed by atoms with van der Waals surface area (Å²) >= 11 is 7.58. The number of fused-ring (bicyclic) bond motifs is 1. The van der Waals surface area contributed by atoms with Crippen LogP contribution in [0.25, 0.3) is 27.6 Å². The summed E-state index contributed by atoms with van der Waals surface area (Å²) in [5, 5.41) is 6.27. The van der Waals surface area contributed by atoms with E-state index in [0.29, 0.717) is 5.95 Å². The van der Waals surface area contributed by atoms with Gasteiger partial charge in [0.2, 0.25) is 5.95 Å².